The van der Waals surface area contributed by atoms with Crippen LogP contribution in [0.5, 0.6) is 0 Å². The van der Waals surface area contributed by atoms with Gasteiger partial charge in [0.2, 0.25) is 5.95 Å². The van der Waals surface area contributed by atoms with E-state index in [2.05, 4.69) is 15.0 Å². The molecule has 4 N–H and O–H groups in total. The maximum Gasteiger partial charge on any atom is 0.356 e. The van der Waals surface area contributed by atoms with E-state index in [1.807, 2.05) is 0 Å². The molecule has 0 aliphatic carbocycles. The van der Waals surface area contributed by atoms with Gasteiger partial charge in [0.25, 0.3) is 0 Å². The molecule has 0 aliphatic rings. The summed E-state index contributed by atoms with van der Waals surface area (Å²) in [6.45, 7) is 12.3. The Morgan fingerprint density at radius 2 is 1.73 bits per heavy atom. The molecule has 2 aromatic rings. The Hall–Kier alpha value is -2.27. The van der Waals surface area contributed by atoms with Gasteiger partial charge in [0.1, 0.15) is 24.6 Å². The van der Waals surface area contributed by atoms with Crippen LogP contribution in [-0.2, 0) is 34.4 Å². The molecule has 0 radical (unpaired) electrons. The Balaban J connectivity index is 2.26. The van der Waals surface area contributed by atoms with Crippen LogP contribution >= 0.6 is 7.60 Å². The second-order valence-corrected chi connectivity index (χ2v) is 11.1. The van der Waals surface area contributed by atoms with Gasteiger partial charge in [-0.05, 0) is 48.5 Å². The van der Waals surface area contributed by atoms with Crippen molar-refractivity contribution in [3.05, 3.63) is 6.33 Å². The van der Waals surface area contributed by atoms with Crippen molar-refractivity contribution < 1.29 is 27.9 Å². The van der Waals surface area contributed by atoms with Crippen LogP contribution in [0.15, 0.2) is 6.33 Å². The number of hydrogen-bond donors (Lipinski definition) is 2. The van der Waals surface area contributed by atoms with Crippen LogP contribution in [0.2, 0.25) is 0 Å². The molecular weight excluding hydrogens is 451 g/mol. The first-order valence-corrected chi connectivity index (χ1v) is 12.4. The van der Waals surface area contributed by atoms with Crippen molar-refractivity contribution in [1.29, 1.82) is 0 Å². The van der Waals surface area contributed by atoms with Gasteiger partial charge in [-0.25, -0.2) is 4.98 Å². The number of carbonyl (C=O) groups is 1. The van der Waals surface area contributed by atoms with Crippen LogP contribution in [0.25, 0.3) is 11.2 Å². The highest BCUT2D eigenvalue weighted by Gasteiger charge is 2.31. The third kappa shape index (κ3) is 7.92. The van der Waals surface area contributed by atoms with Crippen molar-refractivity contribution in [2.24, 2.45) is 5.41 Å². The summed E-state index contributed by atoms with van der Waals surface area (Å²) in [5.41, 5.74) is 11.7. The Labute approximate surface area is 193 Å². The first-order chi connectivity index (χ1) is 15.2. The zero-order chi connectivity index (χ0) is 25.0. The third-order valence-corrected chi connectivity index (χ3v) is 6.08. The maximum atomic E-state index is 13.2. The minimum atomic E-state index is -3.57. The largest absolute Gasteiger partial charge is 0.462 e. The topological polar surface area (TPSA) is 167 Å². The summed E-state index contributed by atoms with van der Waals surface area (Å²) in [5.74, 6) is -0.256. The molecule has 2 rings (SSSR count). The smallest absolute Gasteiger partial charge is 0.356 e. The van der Waals surface area contributed by atoms with Gasteiger partial charge in [-0.1, -0.05) is 0 Å². The third-order valence-electron chi connectivity index (χ3n) is 4.13. The molecule has 186 valence electrons. The van der Waals surface area contributed by atoms with Crippen LogP contribution in [0.3, 0.4) is 0 Å². The number of rotatable bonds is 11. The van der Waals surface area contributed by atoms with Crippen LogP contribution in [-0.4, -0.2) is 56.8 Å². The van der Waals surface area contributed by atoms with Gasteiger partial charge in [0.05, 0.1) is 30.5 Å². The average Bonchev–Trinajstić information content (AvgIpc) is 3.04. The fraction of sp³-hybridized carbons (Fsp3) is 0.700. The van der Waals surface area contributed by atoms with E-state index in [0.29, 0.717) is 11.2 Å². The lowest BCUT2D eigenvalue weighted by Crippen LogP contribution is -2.31. The minimum Gasteiger partial charge on any atom is -0.462 e. The normalized spacial score (nSPS) is 13.7. The van der Waals surface area contributed by atoms with E-state index < -0.39 is 25.1 Å². The molecule has 0 saturated carbocycles. The molecule has 0 saturated heterocycles. The number of nitrogen functional groups attached to an aromatic ring is 2. The van der Waals surface area contributed by atoms with Crippen molar-refractivity contribution in [1.82, 2.24) is 19.5 Å². The van der Waals surface area contributed by atoms with Gasteiger partial charge < -0.3 is 34.6 Å². The zero-order valence-corrected chi connectivity index (χ0v) is 21.2. The number of esters is 1. The molecule has 2 heterocycles. The van der Waals surface area contributed by atoms with Crippen LogP contribution < -0.4 is 11.5 Å². The van der Waals surface area contributed by atoms with Gasteiger partial charge in [-0.3, -0.25) is 9.36 Å². The predicted molar refractivity (Wildman–Crippen MR) is 124 cm³/mol. The highest BCUT2D eigenvalue weighted by molar-refractivity contribution is 7.53. The van der Waals surface area contributed by atoms with E-state index in [9.17, 15) is 9.36 Å². The van der Waals surface area contributed by atoms with Crippen molar-refractivity contribution in [3.8, 4) is 0 Å². The molecule has 0 aliphatic heterocycles. The average molecular weight is 487 g/mol. The molecule has 0 unspecified atom stereocenters. The Bertz CT molecular complexity index is 989. The Kier molecular flexibility index (Phi) is 8.81. The number of nitrogens with two attached hydrogens (primary N) is 2. The molecule has 0 fully saturated rings. The van der Waals surface area contributed by atoms with E-state index in [4.69, 9.17) is 30.0 Å². The quantitative estimate of drug-likeness (QED) is 0.354. The number of imidazole rings is 1. The molecule has 12 nitrogen and oxygen atoms in total. The molecule has 0 aromatic carbocycles. The predicted octanol–water partition coefficient (Wildman–Crippen LogP) is 2.97. The number of aromatic nitrogens is 4. The number of fused-ring (bicyclic) bond motifs is 1. The summed E-state index contributed by atoms with van der Waals surface area (Å²) in [7, 11) is -3.57. The van der Waals surface area contributed by atoms with Gasteiger partial charge in [-0.2, -0.15) is 9.97 Å². The summed E-state index contributed by atoms with van der Waals surface area (Å²) in [4.78, 5) is 24.6. The fourth-order valence-corrected chi connectivity index (χ4v) is 4.65. The molecule has 2 aromatic heterocycles. The van der Waals surface area contributed by atoms with E-state index in [-0.39, 0.29) is 43.5 Å². The summed E-state index contributed by atoms with van der Waals surface area (Å²) in [6.07, 6.45) is -0.212. The van der Waals surface area contributed by atoms with E-state index >= 15 is 0 Å². The number of nitrogens with zero attached hydrogens (tertiary/aromatic N) is 4. The van der Waals surface area contributed by atoms with Gasteiger partial charge in [0.15, 0.2) is 11.5 Å². The maximum absolute atomic E-state index is 13.2. The molecule has 0 spiro atoms. The lowest BCUT2D eigenvalue weighted by molar-refractivity contribution is -0.157. The molecule has 0 amide bonds. The van der Waals surface area contributed by atoms with E-state index in [1.54, 1.807) is 53.0 Å². The number of anilines is 2. The second-order valence-electron chi connectivity index (χ2n) is 9.22. The molecule has 0 bridgehead atoms. The standard InChI is InChI=1S/C20H35N6O6P/c1-12(2)31-33(28,32-13(3)4)11-30-14(9-29-18(27)20(5,6)7)8-26-10-23-15-16(21)24-19(22)25-17(15)26/h10,12-14H,8-9,11H2,1-7H3,(H4,21,22,24,25)/t14-/m0/s1. The highest BCUT2D eigenvalue weighted by Crippen LogP contribution is 2.50. The molecular formula is C20H35N6O6P. The van der Waals surface area contributed by atoms with Crippen molar-refractivity contribution in [2.45, 2.75) is 73.3 Å². The van der Waals surface area contributed by atoms with Gasteiger partial charge in [-0.15, -0.1) is 0 Å². The molecule has 33 heavy (non-hydrogen) atoms. The van der Waals surface area contributed by atoms with Gasteiger partial charge in [0, 0.05) is 0 Å². The van der Waals surface area contributed by atoms with Crippen molar-refractivity contribution >= 4 is 36.5 Å². The van der Waals surface area contributed by atoms with Crippen LogP contribution in [0.4, 0.5) is 11.8 Å². The number of ether oxygens (including phenoxy) is 2. The SMILES string of the molecule is CC(C)OP(=O)(CO[C@H](COC(=O)C(C)(C)C)Cn1cnc2c(N)nc(N)nc21)OC(C)C. The summed E-state index contributed by atoms with van der Waals surface area (Å²) in [6, 6.07) is 0. The zero-order valence-electron chi connectivity index (χ0n) is 20.3. The van der Waals surface area contributed by atoms with Crippen LogP contribution in [0, 0.1) is 5.41 Å². The lowest BCUT2D eigenvalue weighted by atomic mass is 9.97. The summed E-state index contributed by atoms with van der Waals surface area (Å²) >= 11 is 0. The number of hydrogen-bond acceptors (Lipinski definition) is 11. The van der Waals surface area contributed by atoms with Crippen LogP contribution in [0.1, 0.15) is 48.5 Å². The minimum absolute atomic E-state index is 0.00135. The van der Waals surface area contributed by atoms with Gasteiger partial charge >= 0.3 is 13.6 Å². The van der Waals surface area contributed by atoms with Crippen molar-refractivity contribution in [3.63, 3.8) is 0 Å². The first kappa shape index (κ1) is 27.0. The van der Waals surface area contributed by atoms with Crippen molar-refractivity contribution in [2.75, 3.05) is 24.4 Å². The van der Waals surface area contributed by atoms with E-state index in [0.717, 1.165) is 0 Å². The summed E-state index contributed by atoms with van der Waals surface area (Å²) in [5, 5.41) is 0. The summed E-state index contributed by atoms with van der Waals surface area (Å²) < 4.78 is 37.3. The Morgan fingerprint density at radius 3 is 2.27 bits per heavy atom. The monoisotopic (exact) mass is 486 g/mol. The Morgan fingerprint density at radius 1 is 1.12 bits per heavy atom. The highest BCUT2D eigenvalue weighted by atomic mass is 31.2. The molecule has 1 atom stereocenters. The number of carbonyl (C=O) groups excluding carboxylic acids is 1. The lowest BCUT2D eigenvalue weighted by Gasteiger charge is -2.26. The fourth-order valence-electron chi connectivity index (χ4n) is 2.80. The second kappa shape index (κ2) is 10.8. The van der Waals surface area contributed by atoms with E-state index in [1.165, 1.54) is 6.33 Å². The molecule has 13 heteroatoms. The first-order valence-electron chi connectivity index (χ1n) is 10.7.